The molecule has 1 saturated heterocycles. The number of carbonyl (C=O) groups is 1. The van der Waals surface area contributed by atoms with E-state index >= 15 is 0 Å². The molecule has 0 radical (unpaired) electrons. The van der Waals surface area contributed by atoms with Crippen molar-refractivity contribution in [3.05, 3.63) is 24.3 Å². The highest BCUT2D eigenvalue weighted by molar-refractivity contribution is 5.69. The molecule has 1 aromatic carbocycles. The Morgan fingerprint density at radius 3 is 2.62 bits per heavy atom. The van der Waals surface area contributed by atoms with Crippen LogP contribution < -0.4 is 10.6 Å². The molecule has 2 rings (SSSR count). The van der Waals surface area contributed by atoms with Gasteiger partial charge in [-0.1, -0.05) is 6.07 Å². The second kappa shape index (κ2) is 5.84. The summed E-state index contributed by atoms with van der Waals surface area (Å²) in [6.45, 7) is 9.93. The lowest BCUT2D eigenvalue weighted by atomic mass is 10.1. The Bertz CT molecular complexity index is 510. The van der Waals surface area contributed by atoms with Crippen molar-refractivity contribution in [1.82, 2.24) is 4.90 Å². The van der Waals surface area contributed by atoms with E-state index in [1.54, 1.807) is 4.90 Å². The molecular formula is C16H25N3O2. The van der Waals surface area contributed by atoms with Gasteiger partial charge in [0.05, 0.1) is 0 Å². The smallest absolute Gasteiger partial charge is 0.410 e. The fourth-order valence-corrected chi connectivity index (χ4v) is 2.51. The minimum atomic E-state index is -0.457. The summed E-state index contributed by atoms with van der Waals surface area (Å²) >= 11 is 0. The summed E-state index contributed by atoms with van der Waals surface area (Å²) in [6, 6.07) is 7.96. The molecule has 0 aliphatic carbocycles. The first-order valence-electron chi connectivity index (χ1n) is 7.36. The van der Waals surface area contributed by atoms with Crippen LogP contribution in [-0.4, -0.2) is 42.3 Å². The van der Waals surface area contributed by atoms with Gasteiger partial charge in [0.1, 0.15) is 5.60 Å². The quantitative estimate of drug-likeness (QED) is 0.808. The fourth-order valence-electron chi connectivity index (χ4n) is 2.51. The second-order valence-corrected chi connectivity index (χ2v) is 6.56. The number of nitrogens with two attached hydrogens (primary N) is 1. The Kier molecular flexibility index (Phi) is 4.30. The maximum absolute atomic E-state index is 12.2. The summed E-state index contributed by atoms with van der Waals surface area (Å²) < 4.78 is 5.46. The number of carbonyl (C=O) groups excluding carboxylic acids is 1. The monoisotopic (exact) mass is 291 g/mol. The van der Waals surface area contributed by atoms with Crippen LogP contribution in [0.4, 0.5) is 16.2 Å². The maximum atomic E-state index is 12.2. The Hall–Kier alpha value is -1.91. The molecular weight excluding hydrogens is 266 g/mol. The molecule has 1 aromatic rings. The number of hydrogen-bond acceptors (Lipinski definition) is 4. The average Bonchev–Trinajstić information content (AvgIpc) is 2.36. The van der Waals surface area contributed by atoms with E-state index in [4.69, 9.17) is 10.5 Å². The van der Waals surface area contributed by atoms with E-state index in [-0.39, 0.29) is 12.1 Å². The summed E-state index contributed by atoms with van der Waals surface area (Å²) in [6.07, 6.45) is -0.234. The molecule has 0 saturated carbocycles. The number of rotatable bonds is 1. The molecule has 5 heteroatoms. The van der Waals surface area contributed by atoms with Crippen LogP contribution in [0, 0.1) is 0 Å². The number of piperazine rings is 1. The van der Waals surface area contributed by atoms with Crippen molar-refractivity contribution in [2.24, 2.45) is 0 Å². The summed E-state index contributed by atoms with van der Waals surface area (Å²) in [5, 5.41) is 0. The first kappa shape index (κ1) is 15.5. The number of nitrogen functional groups attached to an aromatic ring is 1. The molecule has 1 heterocycles. The Morgan fingerprint density at radius 2 is 2.05 bits per heavy atom. The maximum Gasteiger partial charge on any atom is 0.410 e. The van der Waals surface area contributed by atoms with Crippen LogP contribution in [-0.2, 0) is 4.74 Å². The fraction of sp³-hybridized carbons (Fsp3) is 0.562. The molecule has 0 spiro atoms. The van der Waals surface area contributed by atoms with Crippen LogP contribution in [0.3, 0.4) is 0 Å². The second-order valence-electron chi connectivity index (χ2n) is 6.56. The molecule has 1 aliphatic rings. The van der Waals surface area contributed by atoms with Gasteiger partial charge in [0.2, 0.25) is 0 Å². The number of amides is 1. The van der Waals surface area contributed by atoms with Gasteiger partial charge >= 0.3 is 6.09 Å². The van der Waals surface area contributed by atoms with E-state index in [1.807, 2.05) is 52.0 Å². The predicted octanol–water partition coefficient (Wildman–Crippen LogP) is 2.71. The normalized spacial score (nSPS) is 19.5. The highest BCUT2D eigenvalue weighted by atomic mass is 16.6. The van der Waals surface area contributed by atoms with E-state index in [0.717, 1.165) is 24.5 Å². The van der Waals surface area contributed by atoms with Crippen LogP contribution in [0.5, 0.6) is 0 Å². The molecule has 116 valence electrons. The summed E-state index contributed by atoms with van der Waals surface area (Å²) in [5.41, 5.74) is 7.24. The summed E-state index contributed by atoms with van der Waals surface area (Å²) in [7, 11) is 0. The lowest BCUT2D eigenvalue weighted by Crippen LogP contribution is -2.55. The molecule has 1 aliphatic heterocycles. The van der Waals surface area contributed by atoms with E-state index in [0.29, 0.717) is 6.54 Å². The lowest BCUT2D eigenvalue weighted by molar-refractivity contribution is 0.0159. The zero-order valence-corrected chi connectivity index (χ0v) is 13.3. The van der Waals surface area contributed by atoms with Gasteiger partial charge < -0.3 is 20.3 Å². The highest BCUT2D eigenvalue weighted by Gasteiger charge is 2.30. The lowest BCUT2D eigenvalue weighted by Gasteiger charge is -2.41. The van der Waals surface area contributed by atoms with E-state index in [9.17, 15) is 4.79 Å². The Morgan fingerprint density at radius 1 is 1.33 bits per heavy atom. The van der Waals surface area contributed by atoms with Crippen molar-refractivity contribution in [3.8, 4) is 0 Å². The van der Waals surface area contributed by atoms with Gasteiger partial charge in [-0.2, -0.15) is 0 Å². The Labute approximate surface area is 126 Å². The van der Waals surface area contributed by atoms with Gasteiger partial charge in [-0.05, 0) is 45.9 Å². The van der Waals surface area contributed by atoms with Crippen LogP contribution >= 0.6 is 0 Å². The number of ether oxygens (including phenoxy) is 1. The predicted molar refractivity (Wildman–Crippen MR) is 85.5 cm³/mol. The molecule has 1 fully saturated rings. The van der Waals surface area contributed by atoms with Gasteiger partial charge in [-0.3, -0.25) is 0 Å². The number of benzene rings is 1. The largest absolute Gasteiger partial charge is 0.444 e. The van der Waals surface area contributed by atoms with Crippen LogP contribution in [0.25, 0.3) is 0 Å². The highest BCUT2D eigenvalue weighted by Crippen LogP contribution is 2.22. The SMILES string of the molecule is C[C@H]1CN(c2cccc(N)c2)CCN1C(=O)OC(C)(C)C. The summed E-state index contributed by atoms with van der Waals surface area (Å²) in [5.74, 6) is 0. The molecule has 5 nitrogen and oxygen atoms in total. The third kappa shape index (κ3) is 4.03. The molecule has 1 amide bonds. The average molecular weight is 291 g/mol. The van der Waals surface area contributed by atoms with Gasteiger partial charge in [-0.15, -0.1) is 0 Å². The van der Waals surface area contributed by atoms with E-state index in [2.05, 4.69) is 4.90 Å². The Balaban J connectivity index is 2.01. The third-order valence-electron chi connectivity index (χ3n) is 3.49. The van der Waals surface area contributed by atoms with Gasteiger partial charge in [0.25, 0.3) is 0 Å². The van der Waals surface area contributed by atoms with E-state index < -0.39 is 5.60 Å². The molecule has 21 heavy (non-hydrogen) atoms. The number of anilines is 2. The third-order valence-corrected chi connectivity index (χ3v) is 3.49. The van der Waals surface area contributed by atoms with Crippen molar-refractivity contribution in [2.45, 2.75) is 39.3 Å². The van der Waals surface area contributed by atoms with Gasteiger partial charge in [-0.25, -0.2) is 4.79 Å². The first-order chi connectivity index (χ1) is 9.76. The van der Waals surface area contributed by atoms with Gasteiger partial charge in [0, 0.05) is 37.1 Å². The van der Waals surface area contributed by atoms with Crippen molar-refractivity contribution < 1.29 is 9.53 Å². The molecule has 1 atom stereocenters. The molecule has 0 bridgehead atoms. The standard InChI is InChI=1S/C16H25N3O2/c1-12-11-18(14-7-5-6-13(17)10-14)8-9-19(12)15(20)21-16(2,3)4/h5-7,10,12H,8-9,11,17H2,1-4H3/t12-/m0/s1. The van der Waals surface area contributed by atoms with Crippen LogP contribution in [0.2, 0.25) is 0 Å². The zero-order chi connectivity index (χ0) is 15.6. The number of hydrogen-bond donors (Lipinski definition) is 1. The van der Waals surface area contributed by atoms with Crippen molar-refractivity contribution in [1.29, 1.82) is 0 Å². The summed E-state index contributed by atoms with van der Waals surface area (Å²) in [4.78, 5) is 16.2. The minimum Gasteiger partial charge on any atom is -0.444 e. The topological polar surface area (TPSA) is 58.8 Å². The van der Waals surface area contributed by atoms with E-state index in [1.165, 1.54) is 0 Å². The van der Waals surface area contributed by atoms with Crippen molar-refractivity contribution in [2.75, 3.05) is 30.3 Å². The number of nitrogens with zero attached hydrogens (tertiary/aromatic N) is 2. The van der Waals surface area contributed by atoms with Crippen molar-refractivity contribution >= 4 is 17.5 Å². The first-order valence-corrected chi connectivity index (χ1v) is 7.36. The van der Waals surface area contributed by atoms with Gasteiger partial charge in [0.15, 0.2) is 0 Å². The molecule has 0 unspecified atom stereocenters. The van der Waals surface area contributed by atoms with Crippen LogP contribution in [0.15, 0.2) is 24.3 Å². The van der Waals surface area contributed by atoms with Crippen molar-refractivity contribution in [3.63, 3.8) is 0 Å². The molecule has 2 N–H and O–H groups in total. The minimum absolute atomic E-state index is 0.107. The van der Waals surface area contributed by atoms with Crippen LogP contribution in [0.1, 0.15) is 27.7 Å². The zero-order valence-electron chi connectivity index (χ0n) is 13.3. The molecule has 0 aromatic heterocycles.